The fourth-order valence-electron chi connectivity index (χ4n) is 11.1. The van der Waals surface area contributed by atoms with Crippen LogP contribution in [0, 0.1) is 0 Å². The summed E-state index contributed by atoms with van der Waals surface area (Å²) in [4.78, 5) is 24.6. The van der Waals surface area contributed by atoms with Crippen LogP contribution in [0.1, 0.15) is 393 Å². The molecule has 0 heterocycles. The van der Waals surface area contributed by atoms with Gasteiger partial charge < -0.3 is 20.3 Å². The van der Waals surface area contributed by atoms with Crippen LogP contribution in [0.15, 0.2) is 24.3 Å². The van der Waals surface area contributed by atoms with Gasteiger partial charge in [-0.1, -0.05) is 327 Å². The van der Waals surface area contributed by atoms with Crippen LogP contribution in [-0.4, -0.2) is 47.4 Å². The smallest absolute Gasteiger partial charge is 0.305 e. The van der Waals surface area contributed by atoms with Crippen LogP contribution >= 0.6 is 0 Å². The lowest BCUT2D eigenvalue weighted by Gasteiger charge is -2.22. The SMILES string of the molecule is CCCCCCCCC/C=C\CCCCCCCC(=O)OCCCCCCCCCCCCCC/C=C\CCCCCCCCCC(=O)NC(CO)C(O)CCCCCCCCCCCCCCCCCCCCCCC. The van der Waals surface area contributed by atoms with Crippen LogP contribution in [0.3, 0.4) is 0 Å². The molecule has 0 saturated heterocycles. The lowest BCUT2D eigenvalue weighted by atomic mass is 10.0. The number of amides is 1. The van der Waals surface area contributed by atoms with E-state index < -0.39 is 12.1 Å². The molecular weight excluding hydrogens is 947 g/mol. The molecule has 0 saturated carbocycles. The number of hydrogen-bond donors (Lipinski definition) is 3. The summed E-state index contributed by atoms with van der Waals surface area (Å²) in [7, 11) is 0. The average molecular weight is 1080 g/mol. The second kappa shape index (κ2) is 66.8. The van der Waals surface area contributed by atoms with Crippen molar-refractivity contribution in [3.8, 4) is 0 Å². The first-order valence-corrected chi connectivity index (χ1v) is 35.1. The predicted molar refractivity (Wildman–Crippen MR) is 338 cm³/mol. The van der Waals surface area contributed by atoms with Crippen molar-refractivity contribution >= 4 is 11.9 Å². The van der Waals surface area contributed by atoms with Gasteiger partial charge in [-0.15, -0.1) is 0 Å². The maximum Gasteiger partial charge on any atom is 0.305 e. The molecule has 0 aliphatic carbocycles. The van der Waals surface area contributed by atoms with E-state index >= 15 is 0 Å². The molecule has 0 aromatic heterocycles. The minimum absolute atomic E-state index is 0.00503. The fraction of sp³-hybridized carbons (Fsp3) is 0.915. The van der Waals surface area contributed by atoms with Crippen molar-refractivity contribution in [1.29, 1.82) is 0 Å². The molecule has 2 unspecified atom stereocenters. The minimum atomic E-state index is -0.669. The summed E-state index contributed by atoms with van der Waals surface area (Å²) in [6.45, 7) is 4.98. The molecule has 0 aromatic carbocycles. The number of allylic oxidation sites excluding steroid dienone is 4. The molecule has 0 radical (unpaired) electrons. The van der Waals surface area contributed by atoms with Gasteiger partial charge in [0.05, 0.1) is 25.4 Å². The number of aliphatic hydroxyl groups excluding tert-OH is 2. The molecule has 0 fully saturated rings. The van der Waals surface area contributed by atoms with Crippen LogP contribution in [0.5, 0.6) is 0 Å². The highest BCUT2D eigenvalue weighted by Crippen LogP contribution is 2.19. The van der Waals surface area contributed by atoms with Crippen LogP contribution in [0.2, 0.25) is 0 Å². The van der Waals surface area contributed by atoms with Crippen molar-refractivity contribution in [1.82, 2.24) is 5.32 Å². The zero-order valence-corrected chi connectivity index (χ0v) is 52.2. The summed E-state index contributed by atoms with van der Waals surface area (Å²) in [5.41, 5.74) is 0. The molecule has 0 aliphatic heterocycles. The molecule has 0 rings (SSSR count). The fourth-order valence-corrected chi connectivity index (χ4v) is 11.1. The third kappa shape index (κ3) is 63.4. The molecule has 0 bridgehead atoms. The third-order valence-corrected chi connectivity index (χ3v) is 16.5. The summed E-state index contributed by atoms with van der Waals surface area (Å²) >= 11 is 0. The van der Waals surface area contributed by atoms with Crippen molar-refractivity contribution < 1.29 is 24.5 Å². The summed E-state index contributed by atoms with van der Waals surface area (Å²) < 4.78 is 5.49. The molecule has 456 valence electrons. The topological polar surface area (TPSA) is 95.9 Å². The molecule has 6 heteroatoms. The van der Waals surface area contributed by atoms with Gasteiger partial charge in [0.1, 0.15) is 0 Å². The maximum absolute atomic E-state index is 12.5. The standard InChI is InChI=1S/C71H137NO5/c1-3-5-7-9-11-13-15-17-19-21-22-26-29-32-35-39-43-47-51-55-59-63-69(74)68(67-73)72-70(75)64-60-56-52-48-44-40-36-33-30-27-24-23-25-28-31-34-38-42-46-50-54-58-62-66-77-71(76)65-61-57-53-49-45-41-37-20-18-16-14-12-10-8-6-4-2/h20,27,30,37,68-69,73-74H,3-19,21-26,28-29,31-36,38-67H2,1-2H3,(H,72,75)/b30-27-,37-20-. The highest BCUT2D eigenvalue weighted by atomic mass is 16.5. The summed E-state index contributed by atoms with van der Waals surface area (Å²) in [5, 5.41) is 23.4. The Morgan fingerprint density at radius 3 is 0.922 bits per heavy atom. The average Bonchev–Trinajstić information content (AvgIpc) is 3.43. The van der Waals surface area contributed by atoms with E-state index in [1.165, 1.54) is 315 Å². The van der Waals surface area contributed by atoms with Crippen LogP contribution in [0.25, 0.3) is 0 Å². The van der Waals surface area contributed by atoms with Crippen molar-refractivity contribution in [3.05, 3.63) is 24.3 Å². The molecule has 3 N–H and O–H groups in total. The first kappa shape index (κ1) is 75.3. The number of carbonyl (C=O) groups is 2. The number of esters is 1. The Labute approximate surface area is 481 Å². The van der Waals surface area contributed by atoms with E-state index in [-0.39, 0.29) is 18.5 Å². The zero-order chi connectivity index (χ0) is 55.7. The summed E-state index contributed by atoms with van der Waals surface area (Å²) in [6.07, 6.45) is 83.6. The van der Waals surface area contributed by atoms with Gasteiger partial charge in [0.15, 0.2) is 0 Å². The van der Waals surface area contributed by atoms with Crippen molar-refractivity contribution in [2.24, 2.45) is 0 Å². The number of ether oxygens (including phenoxy) is 1. The summed E-state index contributed by atoms with van der Waals surface area (Å²) in [5.74, 6) is -0.0322. The number of hydrogen-bond acceptors (Lipinski definition) is 5. The number of unbranched alkanes of at least 4 members (excludes halogenated alkanes) is 51. The third-order valence-electron chi connectivity index (χ3n) is 16.5. The lowest BCUT2D eigenvalue weighted by molar-refractivity contribution is -0.143. The van der Waals surface area contributed by atoms with Crippen LogP contribution in [0.4, 0.5) is 0 Å². The van der Waals surface area contributed by atoms with Gasteiger partial charge in [0.2, 0.25) is 5.91 Å². The normalized spacial score (nSPS) is 12.6. The van der Waals surface area contributed by atoms with Gasteiger partial charge in [-0.05, 0) is 77.0 Å². The first-order valence-electron chi connectivity index (χ1n) is 35.1. The second-order valence-electron chi connectivity index (χ2n) is 24.2. The van der Waals surface area contributed by atoms with E-state index in [0.717, 1.165) is 44.9 Å². The molecule has 77 heavy (non-hydrogen) atoms. The van der Waals surface area contributed by atoms with Gasteiger partial charge in [-0.25, -0.2) is 0 Å². The zero-order valence-electron chi connectivity index (χ0n) is 52.2. The second-order valence-corrected chi connectivity index (χ2v) is 24.2. The first-order chi connectivity index (χ1) is 38.0. The van der Waals surface area contributed by atoms with Gasteiger partial charge in [0.25, 0.3) is 0 Å². The minimum Gasteiger partial charge on any atom is -0.466 e. The molecular formula is C71H137NO5. The number of nitrogens with one attached hydrogen (secondary N) is 1. The van der Waals surface area contributed by atoms with Gasteiger partial charge >= 0.3 is 5.97 Å². The van der Waals surface area contributed by atoms with E-state index in [1.54, 1.807) is 0 Å². The van der Waals surface area contributed by atoms with Gasteiger partial charge in [-0.3, -0.25) is 9.59 Å². The van der Waals surface area contributed by atoms with Crippen molar-refractivity contribution in [2.45, 2.75) is 405 Å². The van der Waals surface area contributed by atoms with E-state index in [9.17, 15) is 19.8 Å². The van der Waals surface area contributed by atoms with Crippen LogP contribution < -0.4 is 5.32 Å². The largest absolute Gasteiger partial charge is 0.466 e. The number of carbonyl (C=O) groups excluding carboxylic acids is 2. The Morgan fingerprint density at radius 1 is 0.351 bits per heavy atom. The molecule has 1 amide bonds. The Morgan fingerprint density at radius 2 is 0.610 bits per heavy atom. The number of aliphatic hydroxyl groups is 2. The highest BCUT2D eigenvalue weighted by Gasteiger charge is 2.20. The van der Waals surface area contributed by atoms with E-state index in [2.05, 4.69) is 43.5 Å². The van der Waals surface area contributed by atoms with E-state index in [0.29, 0.717) is 25.9 Å². The summed E-state index contributed by atoms with van der Waals surface area (Å²) in [6, 6.07) is -0.547. The number of rotatable bonds is 66. The van der Waals surface area contributed by atoms with Crippen LogP contribution in [-0.2, 0) is 14.3 Å². The molecule has 0 spiro atoms. The highest BCUT2D eigenvalue weighted by molar-refractivity contribution is 5.76. The van der Waals surface area contributed by atoms with Gasteiger partial charge in [0, 0.05) is 12.8 Å². The van der Waals surface area contributed by atoms with E-state index in [1.807, 2.05) is 0 Å². The monoisotopic (exact) mass is 1080 g/mol. The van der Waals surface area contributed by atoms with Gasteiger partial charge in [-0.2, -0.15) is 0 Å². The quantitative estimate of drug-likeness (QED) is 0.0320. The van der Waals surface area contributed by atoms with Crippen molar-refractivity contribution in [2.75, 3.05) is 13.2 Å². The van der Waals surface area contributed by atoms with E-state index in [4.69, 9.17) is 4.74 Å². The molecule has 6 nitrogen and oxygen atoms in total. The Balaban J connectivity index is 3.41. The Hall–Kier alpha value is -1.66. The molecule has 0 aliphatic rings. The molecule has 0 aromatic rings. The van der Waals surface area contributed by atoms with Crippen molar-refractivity contribution in [3.63, 3.8) is 0 Å². The Kier molecular flexibility index (Phi) is 65.4. The predicted octanol–water partition coefficient (Wildman–Crippen LogP) is 22.5. The maximum atomic E-state index is 12.5. The molecule has 2 atom stereocenters. The lowest BCUT2D eigenvalue weighted by Crippen LogP contribution is -2.45. The Bertz CT molecular complexity index is 1200.